The van der Waals surface area contributed by atoms with Gasteiger partial charge < -0.3 is 10.2 Å². The topological polar surface area (TPSA) is 94.9 Å². The summed E-state index contributed by atoms with van der Waals surface area (Å²) in [6.07, 6.45) is -1.41. The molecule has 0 aliphatic rings. The van der Waals surface area contributed by atoms with E-state index in [1.54, 1.807) is 0 Å². The van der Waals surface area contributed by atoms with Crippen molar-refractivity contribution in [3.05, 3.63) is 29.8 Å². The van der Waals surface area contributed by atoms with Crippen LogP contribution in [0.4, 0.5) is 10.5 Å². The summed E-state index contributed by atoms with van der Waals surface area (Å²) >= 11 is 0. The van der Waals surface area contributed by atoms with Gasteiger partial charge >= 0.3 is 6.09 Å². The molecular weight excluding hydrogens is 258 g/mol. The highest BCUT2D eigenvalue weighted by Crippen LogP contribution is 2.13. The van der Waals surface area contributed by atoms with Crippen molar-refractivity contribution in [1.82, 2.24) is 0 Å². The van der Waals surface area contributed by atoms with Crippen LogP contribution in [0.25, 0.3) is 0 Å². The van der Waals surface area contributed by atoms with Crippen LogP contribution in [0.1, 0.15) is 5.56 Å². The van der Waals surface area contributed by atoms with E-state index < -0.39 is 16.4 Å². The van der Waals surface area contributed by atoms with Crippen molar-refractivity contribution < 1.29 is 23.4 Å². The maximum Gasteiger partial charge on any atom is 0.416 e. The molecule has 0 aliphatic carbocycles. The van der Waals surface area contributed by atoms with Crippen LogP contribution in [0.15, 0.2) is 24.3 Å². The van der Waals surface area contributed by atoms with E-state index >= 15 is 0 Å². The third kappa shape index (κ3) is 3.93. The van der Waals surface area contributed by atoms with Crippen LogP contribution < -0.4 is 4.90 Å². The van der Waals surface area contributed by atoms with Gasteiger partial charge in [0.25, 0.3) is 0 Å². The number of hydrogen-bond acceptors (Lipinski definition) is 4. The zero-order valence-electron chi connectivity index (χ0n) is 9.07. The summed E-state index contributed by atoms with van der Waals surface area (Å²) in [6, 6.07) is 5.88. The molecule has 2 N–H and O–H groups in total. The van der Waals surface area contributed by atoms with Gasteiger partial charge in [0.15, 0.2) is 0 Å². The van der Waals surface area contributed by atoms with Crippen molar-refractivity contribution in [3.63, 3.8) is 0 Å². The first-order valence-electron chi connectivity index (χ1n) is 4.69. The van der Waals surface area contributed by atoms with E-state index in [4.69, 9.17) is 10.2 Å². The zero-order valence-corrected chi connectivity index (χ0v) is 9.88. The summed E-state index contributed by atoms with van der Waals surface area (Å²) in [4.78, 5) is 11.4. The van der Waals surface area contributed by atoms with Gasteiger partial charge in [-0.15, -0.1) is 0 Å². The van der Waals surface area contributed by atoms with Gasteiger partial charge in [-0.1, -0.05) is 11.8 Å². The number of carbonyl (C=O) groups is 1. The normalized spacial score (nSPS) is 8.94. The van der Waals surface area contributed by atoms with E-state index in [1.807, 2.05) is 0 Å². The first-order chi connectivity index (χ1) is 8.54. The van der Waals surface area contributed by atoms with E-state index in [0.717, 1.165) is 0 Å². The van der Waals surface area contributed by atoms with E-state index in [0.29, 0.717) is 16.0 Å². The lowest BCUT2D eigenvalue weighted by Crippen LogP contribution is -2.27. The molecule has 1 rings (SSSR count). The number of benzene rings is 1. The minimum atomic E-state index is -2.62. The molecule has 0 atom stereocenters. The highest BCUT2D eigenvalue weighted by molar-refractivity contribution is 7.71. The van der Waals surface area contributed by atoms with E-state index in [9.17, 15) is 13.2 Å². The average molecular weight is 267 g/mol. The van der Waals surface area contributed by atoms with Gasteiger partial charge in [-0.05, 0) is 24.3 Å². The van der Waals surface area contributed by atoms with Crippen molar-refractivity contribution in [1.29, 1.82) is 0 Å². The molecule has 1 aromatic carbocycles. The Hall–Kier alpha value is -2.30. The number of rotatable bonds is 2. The second-order valence-corrected chi connectivity index (χ2v) is 3.76. The molecule has 0 radical (unpaired) electrons. The van der Waals surface area contributed by atoms with Crippen molar-refractivity contribution >= 4 is 27.6 Å². The third-order valence-electron chi connectivity index (χ3n) is 1.85. The number of hydrogen-bond donors (Lipinski definition) is 2. The van der Waals surface area contributed by atoms with Crippen LogP contribution in [-0.2, 0) is 10.3 Å². The van der Waals surface area contributed by atoms with Crippen LogP contribution >= 0.6 is 0 Å². The smallest absolute Gasteiger partial charge is 0.416 e. The van der Waals surface area contributed by atoms with Gasteiger partial charge in [-0.25, -0.2) is 9.69 Å². The van der Waals surface area contributed by atoms with Gasteiger partial charge in [-0.3, -0.25) is 0 Å². The lowest BCUT2D eigenvalue weighted by Gasteiger charge is -2.11. The fourth-order valence-corrected chi connectivity index (χ4v) is 1.53. The second kappa shape index (κ2) is 6.44. The fraction of sp³-hybridized carbons (Fsp3) is 0.0909. The number of amides is 1. The predicted molar refractivity (Wildman–Crippen MR) is 65.9 cm³/mol. The van der Waals surface area contributed by atoms with Gasteiger partial charge in [0.05, 0.1) is 5.69 Å². The molecule has 94 valence electrons. The number of anilines is 1. The summed E-state index contributed by atoms with van der Waals surface area (Å²) < 4.78 is 21.0. The summed E-state index contributed by atoms with van der Waals surface area (Å²) in [7, 11) is -2.62. The number of aliphatic hydroxyl groups excluding tert-OH is 1. The maximum atomic E-state index is 10.9. The highest BCUT2D eigenvalue weighted by Gasteiger charge is 2.11. The van der Waals surface area contributed by atoms with Gasteiger partial charge in [-0.2, -0.15) is 8.42 Å². The van der Waals surface area contributed by atoms with Crippen LogP contribution in [0.3, 0.4) is 0 Å². The minimum absolute atomic E-state index is 0.182. The van der Waals surface area contributed by atoms with Crippen LogP contribution in [0.5, 0.6) is 0 Å². The molecule has 0 unspecified atom stereocenters. The Morgan fingerprint density at radius 3 is 2.39 bits per heavy atom. The first-order valence-corrected chi connectivity index (χ1v) is 5.83. The highest BCUT2D eigenvalue weighted by atomic mass is 32.2. The largest absolute Gasteiger partial charge is 0.464 e. The number of aliphatic hydroxyl groups is 1. The third-order valence-corrected chi connectivity index (χ3v) is 2.24. The molecule has 0 aromatic heterocycles. The molecule has 0 bridgehead atoms. The van der Waals surface area contributed by atoms with E-state index in [2.05, 4.69) is 11.8 Å². The molecular formula is C11H9NO5S. The Bertz CT molecular complexity index is 614. The predicted octanol–water partition coefficient (Wildman–Crippen LogP) is 0.154. The van der Waals surface area contributed by atoms with Gasteiger partial charge in [0.2, 0.25) is 10.3 Å². The zero-order chi connectivity index (χ0) is 13.5. The van der Waals surface area contributed by atoms with Crippen molar-refractivity contribution in [2.45, 2.75) is 0 Å². The van der Waals surface area contributed by atoms with Gasteiger partial charge in [0, 0.05) is 5.56 Å². The average Bonchev–Trinajstić information content (AvgIpc) is 2.34. The first kappa shape index (κ1) is 13.8. The SMILES string of the molecule is O=C(O)N(C=S(=O)=O)c1ccc(C#CCO)cc1. The van der Waals surface area contributed by atoms with Crippen molar-refractivity contribution in [3.8, 4) is 11.8 Å². The Morgan fingerprint density at radius 2 is 1.94 bits per heavy atom. The molecule has 18 heavy (non-hydrogen) atoms. The van der Waals surface area contributed by atoms with Crippen molar-refractivity contribution in [2.24, 2.45) is 0 Å². The molecule has 6 nitrogen and oxygen atoms in total. The number of carboxylic acid groups (broad SMARTS) is 1. The Labute approximate surface area is 105 Å². The monoisotopic (exact) mass is 267 g/mol. The Kier molecular flexibility index (Phi) is 4.92. The standard InChI is InChI=1S/C11H9NO5S/c13-7-1-2-9-3-5-10(6-4-9)12(11(14)15)8-18(16)17/h3-6,8,13H,7H2,(H,14,15). The quantitative estimate of drug-likeness (QED) is 0.587. The summed E-state index contributed by atoms with van der Waals surface area (Å²) in [5, 5.41) is 17.4. The molecule has 0 saturated carbocycles. The van der Waals surface area contributed by atoms with Crippen LogP contribution in [-0.4, -0.2) is 36.8 Å². The Morgan fingerprint density at radius 1 is 1.33 bits per heavy atom. The second-order valence-electron chi connectivity index (χ2n) is 3.03. The number of nitrogens with zero attached hydrogens (tertiary/aromatic N) is 1. The van der Waals surface area contributed by atoms with E-state index in [1.165, 1.54) is 24.3 Å². The van der Waals surface area contributed by atoms with Crippen LogP contribution in [0, 0.1) is 11.8 Å². The molecule has 0 heterocycles. The lowest BCUT2D eigenvalue weighted by molar-refractivity contribution is 0.206. The molecule has 0 saturated heterocycles. The summed E-state index contributed by atoms with van der Waals surface area (Å²) in [5.74, 6) is 5.07. The molecule has 0 aliphatic heterocycles. The van der Waals surface area contributed by atoms with Crippen molar-refractivity contribution in [2.75, 3.05) is 11.5 Å². The summed E-state index contributed by atoms with van der Waals surface area (Å²) in [5.41, 5.74) is 1.32. The molecule has 7 heteroatoms. The molecule has 1 amide bonds. The molecule has 0 fully saturated rings. The summed E-state index contributed by atoms with van der Waals surface area (Å²) in [6.45, 7) is -0.272. The maximum absolute atomic E-state index is 10.9. The molecule has 0 spiro atoms. The van der Waals surface area contributed by atoms with Gasteiger partial charge in [0.1, 0.15) is 12.1 Å². The molecule has 1 aromatic rings. The Balaban J connectivity index is 3.09. The fourth-order valence-electron chi connectivity index (χ4n) is 1.15. The van der Waals surface area contributed by atoms with E-state index in [-0.39, 0.29) is 12.3 Å². The van der Waals surface area contributed by atoms with Crippen LogP contribution in [0.2, 0.25) is 0 Å². The lowest BCUT2D eigenvalue weighted by atomic mass is 10.2. The minimum Gasteiger partial charge on any atom is -0.464 e.